The van der Waals surface area contributed by atoms with Crippen LogP contribution in [-0.4, -0.2) is 79.5 Å². The first kappa shape index (κ1) is 33.0. The molecule has 1 saturated heterocycles. The highest BCUT2D eigenvalue weighted by atomic mass is 16.6. The summed E-state index contributed by atoms with van der Waals surface area (Å²) in [5.41, 5.74) is 3.75. The number of fused-ring (bicyclic) bond motifs is 1. The molecule has 3 atom stereocenters. The van der Waals surface area contributed by atoms with Crippen molar-refractivity contribution in [3.8, 4) is 0 Å². The monoisotopic (exact) mass is 618 g/mol. The average molecular weight is 619 g/mol. The molecule has 0 bridgehead atoms. The van der Waals surface area contributed by atoms with Gasteiger partial charge in [0.1, 0.15) is 17.3 Å². The molecule has 0 unspecified atom stereocenters. The number of hydrogen-bond donors (Lipinski definition) is 4. The minimum absolute atomic E-state index is 0.000698. The molecule has 5 N–H and O–H groups in total. The molecule has 0 spiro atoms. The third-order valence-electron chi connectivity index (χ3n) is 7.26. The van der Waals surface area contributed by atoms with Crippen molar-refractivity contribution in [2.45, 2.75) is 76.3 Å². The Hall–Kier alpha value is -4.91. The van der Waals surface area contributed by atoms with Crippen molar-refractivity contribution in [2.24, 2.45) is 5.73 Å². The molecular weight excluding hydrogens is 580 g/mol. The Labute approximate surface area is 260 Å². The van der Waals surface area contributed by atoms with Gasteiger partial charge in [-0.15, -0.1) is 0 Å². The zero-order chi connectivity index (χ0) is 32.8. The lowest BCUT2D eigenvalue weighted by Gasteiger charge is -2.37. The number of aliphatic hydroxyl groups is 1. The highest BCUT2D eigenvalue weighted by molar-refractivity contribution is 5.99. The van der Waals surface area contributed by atoms with Gasteiger partial charge in [-0.2, -0.15) is 0 Å². The number of aryl methyl sites for hydroxylation is 1. The second kappa shape index (κ2) is 13.8. The van der Waals surface area contributed by atoms with Crippen molar-refractivity contribution in [3.05, 3.63) is 72.1 Å². The van der Waals surface area contributed by atoms with E-state index in [0.717, 1.165) is 10.5 Å². The lowest BCUT2D eigenvalue weighted by atomic mass is 10.0. The number of para-hydroxylation sites is 2. The van der Waals surface area contributed by atoms with Crippen molar-refractivity contribution in [1.82, 2.24) is 25.5 Å². The van der Waals surface area contributed by atoms with Gasteiger partial charge in [0.2, 0.25) is 17.7 Å². The second-order valence-electron chi connectivity index (χ2n) is 11.9. The molecule has 13 heteroatoms. The van der Waals surface area contributed by atoms with Gasteiger partial charge in [-0.05, 0) is 57.7 Å². The number of primary amides is 1. The number of benzene rings is 2. The predicted molar refractivity (Wildman–Crippen MR) is 163 cm³/mol. The van der Waals surface area contributed by atoms with Gasteiger partial charge in [0.25, 0.3) is 11.6 Å². The van der Waals surface area contributed by atoms with Gasteiger partial charge >= 0.3 is 5.97 Å². The SMILES string of the molecule is CC(C)(C)OC(=O)[C@@]1(O)[C@@H](NC(=O)[C@H](CC(N)=O)NC(=O)c2cnc3ccccc3n2)CCN1C(=O)CCCc1ccccc1. The van der Waals surface area contributed by atoms with Gasteiger partial charge in [0, 0.05) is 13.0 Å². The zero-order valence-electron chi connectivity index (χ0n) is 25.5. The molecule has 4 amide bonds. The van der Waals surface area contributed by atoms with Gasteiger partial charge in [0.15, 0.2) is 0 Å². The van der Waals surface area contributed by atoms with E-state index < -0.39 is 59.4 Å². The second-order valence-corrected chi connectivity index (χ2v) is 11.9. The van der Waals surface area contributed by atoms with E-state index in [1.807, 2.05) is 30.3 Å². The van der Waals surface area contributed by atoms with E-state index in [-0.39, 0.29) is 25.1 Å². The van der Waals surface area contributed by atoms with E-state index in [9.17, 15) is 29.1 Å². The molecule has 0 radical (unpaired) electrons. The number of carbonyl (C=O) groups is 5. The Bertz CT molecular complexity index is 1570. The quantitative estimate of drug-likeness (QED) is 0.230. The number of rotatable bonds is 11. The molecular formula is C32H38N6O7. The first-order valence-corrected chi connectivity index (χ1v) is 14.7. The minimum Gasteiger partial charge on any atom is -0.456 e. The maximum Gasteiger partial charge on any atom is 0.362 e. The largest absolute Gasteiger partial charge is 0.456 e. The van der Waals surface area contributed by atoms with Crippen LogP contribution in [0.25, 0.3) is 11.0 Å². The molecule has 3 aromatic rings. The smallest absolute Gasteiger partial charge is 0.362 e. The highest BCUT2D eigenvalue weighted by Crippen LogP contribution is 2.32. The lowest BCUT2D eigenvalue weighted by Crippen LogP contribution is -2.65. The molecule has 1 fully saturated rings. The third-order valence-corrected chi connectivity index (χ3v) is 7.26. The van der Waals surface area contributed by atoms with Gasteiger partial charge in [0.05, 0.1) is 29.7 Å². The number of nitrogens with two attached hydrogens (primary N) is 1. The van der Waals surface area contributed by atoms with Crippen molar-refractivity contribution < 1.29 is 33.8 Å². The number of nitrogens with one attached hydrogen (secondary N) is 2. The zero-order valence-corrected chi connectivity index (χ0v) is 25.5. The van der Waals surface area contributed by atoms with Crippen molar-refractivity contribution >= 4 is 40.6 Å². The molecule has 1 aliphatic heterocycles. The van der Waals surface area contributed by atoms with Gasteiger partial charge in [-0.1, -0.05) is 42.5 Å². The molecule has 2 heterocycles. The standard InChI is InChI=1S/C32H38N6O7/c1-31(2,3)45-30(43)32(44)25(16-17-38(32)27(40)15-9-12-20-10-5-4-6-11-20)37-28(41)23(18-26(33)39)36-29(42)24-19-34-21-13-7-8-14-22(21)35-24/h4-8,10-11,13-14,19,23,25,44H,9,12,15-18H2,1-3H3,(H2,33,39)(H,36,42)(H,37,41)/t23-,25-,32-/m0/s1. The summed E-state index contributed by atoms with van der Waals surface area (Å²) in [4.78, 5) is 74.6. The molecule has 1 aromatic heterocycles. The lowest BCUT2D eigenvalue weighted by molar-refractivity contribution is -0.200. The number of hydrogen-bond acceptors (Lipinski definition) is 9. The number of ether oxygens (including phenoxy) is 1. The fourth-order valence-corrected chi connectivity index (χ4v) is 5.12. The maximum absolute atomic E-state index is 13.5. The Morgan fingerprint density at radius 3 is 2.40 bits per heavy atom. The van der Waals surface area contributed by atoms with E-state index >= 15 is 0 Å². The minimum atomic E-state index is -2.54. The van der Waals surface area contributed by atoms with Crippen LogP contribution < -0.4 is 16.4 Å². The molecule has 0 aliphatic carbocycles. The van der Waals surface area contributed by atoms with Gasteiger partial charge in [-0.25, -0.2) is 9.78 Å². The summed E-state index contributed by atoms with van der Waals surface area (Å²) in [6.07, 6.45) is 1.76. The first-order chi connectivity index (χ1) is 21.3. The molecule has 13 nitrogen and oxygen atoms in total. The van der Waals surface area contributed by atoms with Crippen LogP contribution in [0, 0.1) is 0 Å². The summed E-state index contributed by atoms with van der Waals surface area (Å²) < 4.78 is 5.48. The predicted octanol–water partition coefficient (Wildman–Crippen LogP) is 1.37. The summed E-state index contributed by atoms with van der Waals surface area (Å²) in [5, 5.41) is 16.8. The van der Waals surface area contributed by atoms with Crippen LogP contribution >= 0.6 is 0 Å². The highest BCUT2D eigenvalue weighted by Gasteiger charge is 2.58. The number of amides is 4. The summed E-state index contributed by atoms with van der Waals surface area (Å²) in [6.45, 7) is 4.77. The van der Waals surface area contributed by atoms with Gasteiger partial charge in [-0.3, -0.25) is 24.2 Å². The van der Waals surface area contributed by atoms with E-state index in [2.05, 4.69) is 20.6 Å². The molecule has 238 valence electrons. The van der Waals surface area contributed by atoms with Crippen LogP contribution in [0.15, 0.2) is 60.8 Å². The van der Waals surface area contributed by atoms with Crippen LogP contribution in [0.1, 0.15) is 62.5 Å². The van der Waals surface area contributed by atoms with Crippen LogP contribution in [0.4, 0.5) is 0 Å². The topological polar surface area (TPSA) is 194 Å². The number of esters is 1. The summed E-state index contributed by atoms with van der Waals surface area (Å²) in [7, 11) is 0. The molecule has 0 saturated carbocycles. The maximum atomic E-state index is 13.5. The Morgan fingerprint density at radius 2 is 1.73 bits per heavy atom. The van der Waals surface area contributed by atoms with E-state index in [1.54, 1.807) is 45.0 Å². The Kier molecular flexibility index (Phi) is 10.1. The van der Waals surface area contributed by atoms with E-state index in [0.29, 0.717) is 23.9 Å². The van der Waals surface area contributed by atoms with Gasteiger partial charge < -0.3 is 31.1 Å². The van der Waals surface area contributed by atoms with E-state index in [1.165, 1.54) is 6.20 Å². The molecule has 2 aromatic carbocycles. The Morgan fingerprint density at radius 1 is 1.07 bits per heavy atom. The van der Waals surface area contributed by atoms with Crippen LogP contribution in [-0.2, 0) is 30.3 Å². The molecule has 1 aliphatic rings. The Balaban J connectivity index is 1.51. The molecule has 45 heavy (non-hydrogen) atoms. The summed E-state index contributed by atoms with van der Waals surface area (Å²) in [5.74, 6) is -4.19. The van der Waals surface area contributed by atoms with Crippen molar-refractivity contribution in [2.75, 3.05) is 6.54 Å². The summed E-state index contributed by atoms with van der Waals surface area (Å²) in [6, 6.07) is 13.7. The van der Waals surface area contributed by atoms with Crippen LogP contribution in [0.3, 0.4) is 0 Å². The first-order valence-electron chi connectivity index (χ1n) is 14.7. The summed E-state index contributed by atoms with van der Waals surface area (Å²) >= 11 is 0. The van der Waals surface area contributed by atoms with E-state index in [4.69, 9.17) is 10.5 Å². The average Bonchev–Trinajstić information content (AvgIpc) is 3.32. The van der Waals surface area contributed by atoms with Crippen LogP contribution in [0.5, 0.6) is 0 Å². The third kappa shape index (κ3) is 8.18. The van der Waals surface area contributed by atoms with Crippen LogP contribution in [0.2, 0.25) is 0 Å². The number of likely N-dealkylation sites (tertiary alicyclic amines) is 1. The fraction of sp³-hybridized carbons (Fsp3) is 0.406. The van der Waals surface area contributed by atoms with Crippen molar-refractivity contribution in [1.29, 1.82) is 0 Å². The molecule has 4 rings (SSSR count). The number of carbonyl (C=O) groups excluding carboxylic acids is 5. The normalized spacial score (nSPS) is 18.7. The fourth-order valence-electron chi connectivity index (χ4n) is 5.12. The van der Waals surface area contributed by atoms with Crippen molar-refractivity contribution in [3.63, 3.8) is 0 Å². The number of aromatic nitrogens is 2. The number of nitrogens with zero attached hydrogens (tertiary/aromatic N) is 3.